The van der Waals surface area contributed by atoms with E-state index in [4.69, 9.17) is 9.47 Å². The first-order valence-corrected chi connectivity index (χ1v) is 7.23. The summed E-state index contributed by atoms with van der Waals surface area (Å²) in [4.78, 5) is 15.8. The van der Waals surface area contributed by atoms with Gasteiger partial charge in [0.25, 0.3) is 0 Å². The Hall–Kier alpha value is -2.34. The molecular formula is C16H18N2O4. The summed E-state index contributed by atoms with van der Waals surface area (Å²) < 4.78 is 12.6. The van der Waals surface area contributed by atoms with Crippen LogP contribution in [-0.2, 0) is 4.74 Å². The lowest BCUT2D eigenvalue weighted by molar-refractivity contribution is 0.0693. The summed E-state index contributed by atoms with van der Waals surface area (Å²) in [5.74, 6) is 0.111. The summed E-state index contributed by atoms with van der Waals surface area (Å²) in [5.41, 5.74) is 0.913. The molecule has 1 fully saturated rings. The average molecular weight is 302 g/mol. The lowest BCUT2D eigenvalue weighted by Gasteiger charge is -2.25. The first kappa shape index (κ1) is 14.6. The monoisotopic (exact) mass is 302 g/mol. The number of hydrogen-bond acceptors (Lipinski definition) is 4. The van der Waals surface area contributed by atoms with Gasteiger partial charge in [0.1, 0.15) is 17.1 Å². The standard InChI is InChI=1S/C16H18N2O4/c1-21-14-3-2-11(10-13(14)16(19)20)15-17-6-7-18(15)12-4-8-22-9-5-12/h2-3,6-7,10,12H,4-5,8-9H2,1H3,(H,19,20). The first-order valence-electron chi connectivity index (χ1n) is 7.23. The highest BCUT2D eigenvalue weighted by Gasteiger charge is 2.20. The molecule has 1 N–H and O–H groups in total. The van der Waals surface area contributed by atoms with Gasteiger partial charge in [-0.05, 0) is 31.0 Å². The van der Waals surface area contributed by atoms with E-state index in [-0.39, 0.29) is 5.56 Å². The Balaban J connectivity index is 1.99. The van der Waals surface area contributed by atoms with Crippen molar-refractivity contribution >= 4 is 5.97 Å². The second-order valence-corrected chi connectivity index (χ2v) is 5.22. The number of carbonyl (C=O) groups is 1. The number of hydrogen-bond donors (Lipinski definition) is 1. The Morgan fingerprint density at radius 2 is 2.18 bits per heavy atom. The molecule has 22 heavy (non-hydrogen) atoms. The van der Waals surface area contributed by atoms with Gasteiger partial charge in [-0.15, -0.1) is 0 Å². The van der Waals surface area contributed by atoms with Crippen LogP contribution in [0.25, 0.3) is 11.4 Å². The van der Waals surface area contributed by atoms with E-state index in [1.54, 1.807) is 18.3 Å². The summed E-state index contributed by atoms with van der Waals surface area (Å²) in [6.07, 6.45) is 5.56. The zero-order valence-corrected chi connectivity index (χ0v) is 12.4. The molecule has 1 aliphatic heterocycles. The van der Waals surface area contributed by atoms with Crippen molar-refractivity contribution in [2.75, 3.05) is 20.3 Å². The molecule has 2 aromatic rings. The minimum atomic E-state index is -1.01. The van der Waals surface area contributed by atoms with Gasteiger partial charge in [0.15, 0.2) is 0 Å². The fourth-order valence-electron chi connectivity index (χ4n) is 2.81. The Labute approximate surface area is 128 Å². The number of aromatic nitrogens is 2. The molecule has 1 aromatic heterocycles. The fraction of sp³-hybridized carbons (Fsp3) is 0.375. The third-order valence-corrected chi connectivity index (χ3v) is 3.94. The zero-order chi connectivity index (χ0) is 15.5. The average Bonchev–Trinajstić information content (AvgIpc) is 3.04. The summed E-state index contributed by atoms with van der Waals surface area (Å²) in [5, 5.41) is 9.31. The molecular weight excluding hydrogens is 284 g/mol. The number of carboxylic acids is 1. The van der Waals surface area contributed by atoms with Crippen LogP contribution in [0.5, 0.6) is 5.75 Å². The number of ether oxygens (including phenoxy) is 2. The van der Waals surface area contributed by atoms with Crippen LogP contribution in [0.4, 0.5) is 0 Å². The van der Waals surface area contributed by atoms with Gasteiger partial charge in [0, 0.05) is 37.2 Å². The molecule has 1 aromatic carbocycles. The minimum Gasteiger partial charge on any atom is -0.496 e. The molecule has 0 amide bonds. The maximum atomic E-state index is 11.4. The zero-order valence-electron chi connectivity index (χ0n) is 12.4. The Morgan fingerprint density at radius 1 is 1.41 bits per heavy atom. The molecule has 6 nitrogen and oxygen atoms in total. The van der Waals surface area contributed by atoms with Gasteiger partial charge in [-0.3, -0.25) is 0 Å². The van der Waals surface area contributed by atoms with Crippen molar-refractivity contribution in [2.45, 2.75) is 18.9 Å². The van der Waals surface area contributed by atoms with E-state index >= 15 is 0 Å². The van der Waals surface area contributed by atoms with Crippen molar-refractivity contribution in [1.82, 2.24) is 9.55 Å². The lowest BCUT2D eigenvalue weighted by atomic mass is 10.1. The highest BCUT2D eigenvalue weighted by Crippen LogP contribution is 2.30. The van der Waals surface area contributed by atoms with E-state index in [0.29, 0.717) is 11.8 Å². The molecule has 0 unspecified atom stereocenters. The summed E-state index contributed by atoms with van der Waals surface area (Å²) in [6, 6.07) is 5.45. The molecule has 0 aliphatic carbocycles. The second kappa shape index (κ2) is 6.19. The summed E-state index contributed by atoms with van der Waals surface area (Å²) in [7, 11) is 1.46. The molecule has 116 valence electrons. The van der Waals surface area contributed by atoms with E-state index in [1.807, 2.05) is 12.3 Å². The maximum Gasteiger partial charge on any atom is 0.339 e. The van der Waals surface area contributed by atoms with E-state index in [1.165, 1.54) is 7.11 Å². The van der Waals surface area contributed by atoms with E-state index in [9.17, 15) is 9.90 Å². The normalized spacial score (nSPS) is 15.7. The topological polar surface area (TPSA) is 73.6 Å². The van der Waals surface area contributed by atoms with Gasteiger partial charge in [-0.2, -0.15) is 0 Å². The van der Waals surface area contributed by atoms with Crippen LogP contribution in [-0.4, -0.2) is 41.0 Å². The lowest BCUT2D eigenvalue weighted by Crippen LogP contribution is -2.19. The molecule has 2 heterocycles. The predicted octanol–water partition coefficient (Wildman–Crippen LogP) is 2.61. The van der Waals surface area contributed by atoms with Gasteiger partial charge in [0.05, 0.1) is 7.11 Å². The van der Waals surface area contributed by atoms with Crippen molar-refractivity contribution in [1.29, 1.82) is 0 Å². The van der Waals surface area contributed by atoms with Crippen LogP contribution in [0.15, 0.2) is 30.6 Å². The highest BCUT2D eigenvalue weighted by molar-refractivity contribution is 5.92. The summed E-state index contributed by atoms with van der Waals surface area (Å²) in [6.45, 7) is 1.48. The number of nitrogens with zero attached hydrogens (tertiary/aromatic N) is 2. The van der Waals surface area contributed by atoms with Crippen LogP contribution in [0.3, 0.4) is 0 Å². The number of imidazole rings is 1. The Bertz CT molecular complexity index is 675. The minimum absolute atomic E-state index is 0.140. The molecule has 3 rings (SSSR count). The maximum absolute atomic E-state index is 11.4. The third-order valence-electron chi connectivity index (χ3n) is 3.94. The van der Waals surface area contributed by atoms with Gasteiger partial charge in [-0.25, -0.2) is 9.78 Å². The van der Waals surface area contributed by atoms with Crippen LogP contribution in [0.2, 0.25) is 0 Å². The quantitative estimate of drug-likeness (QED) is 0.939. The van der Waals surface area contributed by atoms with Gasteiger partial charge in [-0.1, -0.05) is 0 Å². The first-order chi connectivity index (χ1) is 10.7. The third kappa shape index (κ3) is 2.69. The highest BCUT2D eigenvalue weighted by atomic mass is 16.5. The van der Waals surface area contributed by atoms with Gasteiger partial charge >= 0.3 is 5.97 Å². The van der Waals surface area contributed by atoms with E-state index in [0.717, 1.165) is 37.4 Å². The number of rotatable bonds is 4. The number of methoxy groups -OCH3 is 1. The van der Waals surface area contributed by atoms with Crippen LogP contribution >= 0.6 is 0 Å². The Kier molecular flexibility index (Phi) is 4.11. The molecule has 0 radical (unpaired) electrons. The number of carboxylic acid groups (broad SMARTS) is 1. The predicted molar refractivity (Wildman–Crippen MR) is 80.3 cm³/mol. The van der Waals surface area contributed by atoms with Crippen LogP contribution in [0.1, 0.15) is 29.2 Å². The molecule has 1 aliphatic rings. The van der Waals surface area contributed by atoms with Crippen molar-refractivity contribution < 1.29 is 19.4 Å². The summed E-state index contributed by atoms with van der Waals surface area (Å²) >= 11 is 0. The van der Waals surface area contributed by atoms with Gasteiger partial charge in [0.2, 0.25) is 0 Å². The smallest absolute Gasteiger partial charge is 0.339 e. The van der Waals surface area contributed by atoms with Crippen molar-refractivity contribution in [3.8, 4) is 17.1 Å². The van der Waals surface area contributed by atoms with E-state index in [2.05, 4.69) is 9.55 Å². The molecule has 0 spiro atoms. The van der Waals surface area contributed by atoms with E-state index < -0.39 is 5.97 Å². The number of benzene rings is 1. The van der Waals surface area contributed by atoms with Gasteiger partial charge < -0.3 is 19.1 Å². The molecule has 0 atom stereocenters. The van der Waals surface area contributed by atoms with Crippen LogP contribution in [0, 0.1) is 0 Å². The largest absolute Gasteiger partial charge is 0.496 e. The van der Waals surface area contributed by atoms with Crippen molar-refractivity contribution in [2.24, 2.45) is 0 Å². The number of aromatic carboxylic acids is 1. The van der Waals surface area contributed by atoms with Crippen LogP contribution < -0.4 is 4.74 Å². The molecule has 0 saturated carbocycles. The molecule has 0 bridgehead atoms. The Morgan fingerprint density at radius 3 is 2.86 bits per heavy atom. The van der Waals surface area contributed by atoms with Crippen molar-refractivity contribution in [3.05, 3.63) is 36.2 Å². The van der Waals surface area contributed by atoms with Crippen molar-refractivity contribution in [3.63, 3.8) is 0 Å². The fourth-order valence-corrected chi connectivity index (χ4v) is 2.81. The SMILES string of the molecule is COc1ccc(-c2nccn2C2CCOCC2)cc1C(=O)O. The molecule has 6 heteroatoms. The molecule has 1 saturated heterocycles. The second-order valence-electron chi connectivity index (χ2n) is 5.22.